The third-order valence-electron chi connectivity index (χ3n) is 4.56. The molecule has 1 aromatic heterocycles. The molecule has 28 heavy (non-hydrogen) atoms. The van der Waals surface area contributed by atoms with E-state index in [0.717, 1.165) is 22.6 Å². The lowest BCUT2D eigenvalue weighted by Gasteiger charge is -2.25. The first-order valence-electron chi connectivity index (χ1n) is 9.13. The molecule has 1 aliphatic rings. The molecular weight excluding hydrogens is 394 g/mol. The van der Waals surface area contributed by atoms with Crippen molar-refractivity contribution in [2.45, 2.75) is 37.6 Å². The van der Waals surface area contributed by atoms with Gasteiger partial charge in [0.1, 0.15) is 5.00 Å². The third-order valence-corrected chi connectivity index (χ3v) is 6.79. The minimum atomic E-state index is -0.538. The van der Waals surface area contributed by atoms with E-state index in [9.17, 15) is 14.4 Å². The van der Waals surface area contributed by atoms with E-state index < -0.39 is 5.91 Å². The van der Waals surface area contributed by atoms with Crippen molar-refractivity contribution in [3.05, 3.63) is 46.3 Å². The Labute approximate surface area is 172 Å². The number of nitrogens with two attached hydrogens (primary N) is 1. The lowest BCUT2D eigenvalue weighted by Crippen LogP contribution is -2.34. The molecule has 2 heterocycles. The van der Waals surface area contributed by atoms with Crippen molar-refractivity contribution in [2.75, 3.05) is 17.6 Å². The molecule has 8 heteroatoms. The first-order chi connectivity index (χ1) is 13.5. The molecule has 148 valence electrons. The number of thioether (sulfide) groups is 1. The van der Waals surface area contributed by atoms with Gasteiger partial charge in [-0.3, -0.25) is 14.4 Å². The maximum Gasteiger partial charge on any atom is 0.251 e. The Balaban J connectivity index is 1.59. The van der Waals surface area contributed by atoms with Crippen LogP contribution in [0.25, 0.3) is 0 Å². The van der Waals surface area contributed by atoms with E-state index in [1.807, 2.05) is 30.3 Å². The molecule has 0 fully saturated rings. The number of hydrogen-bond acceptors (Lipinski definition) is 5. The number of nitrogens with one attached hydrogen (secondary N) is 1. The highest BCUT2D eigenvalue weighted by Crippen LogP contribution is 2.37. The molecule has 1 aromatic carbocycles. The van der Waals surface area contributed by atoms with Crippen molar-refractivity contribution in [3.8, 4) is 0 Å². The van der Waals surface area contributed by atoms with Gasteiger partial charge in [-0.2, -0.15) is 0 Å². The van der Waals surface area contributed by atoms with Crippen molar-refractivity contribution in [1.82, 2.24) is 4.90 Å². The molecule has 3 rings (SSSR count). The minimum absolute atomic E-state index is 0.00109. The van der Waals surface area contributed by atoms with Gasteiger partial charge >= 0.3 is 0 Å². The Morgan fingerprint density at radius 1 is 1.25 bits per heavy atom. The molecule has 3 amide bonds. The molecule has 0 atom stereocenters. The zero-order valence-corrected chi connectivity index (χ0v) is 17.3. The number of rotatable bonds is 7. The molecule has 0 aliphatic carbocycles. The molecule has 3 N–H and O–H groups in total. The van der Waals surface area contributed by atoms with Crippen LogP contribution in [0.2, 0.25) is 0 Å². The second kappa shape index (κ2) is 9.25. The Kier molecular flexibility index (Phi) is 6.74. The summed E-state index contributed by atoms with van der Waals surface area (Å²) >= 11 is 3.06. The Hall–Kier alpha value is -2.32. The van der Waals surface area contributed by atoms with E-state index in [2.05, 4.69) is 5.32 Å². The van der Waals surface area contributed by atoms with Crippen LogP contribution in [0.1, 0.15) is 40.6 Å². The fraction of sp³-hybridized carbons (Fsp3) is 0.350. The monoisotopic (exact) mass is 417 g/mol. The van der Waals surface area contributed by atoms with Crippen molar-refractivity contribution in [1.29, 1.82) is 0 Å². The van der Waals surface area contributed by atoms with Crippen LogP contribution in [0.5, 0.6) is 0 Å². The van der Waals surface area contributed by atoms with Gasteiger partial charge in [0.05, 0.1) is 12.1 Å². The van der Waals surface area contributed by atoms with E-state index in [4.69, 9.17) is 5.73 Å². The highest BCUT2D eigenvalue weighted by atomic mass is 32.2. The quantitative estimate of drug-likeness (QED) is 0.534. The molecule has 0 spiro atoms. The van der Waals surface area contributed by atoms with Gasteiger partial charge in [0, 0.05) is 29.7 Å². The second-order valence-electron chi connectivity index (χ2n) is 6.58. The maximum absolute atomic E-state index is 12.4. The second-order valence-corrected chi connectivity index (χ2v) is 8.85. The summed E-state index contributed by atoms with van der Waals surface area (Å²) in [4.78, 5) is 39.8. The number of carbonyl (C=O) groups excluding carboxylic acids is 3. The van der Waals surface area contributed by atoms with Gasteiger partial charge in [0.15, 0.2) is 0 Å². The highest BCUT2D eigenvalue weighted by Gasteiger charge is 2.28. The Morgan fingerprint density at radius 2 is 2.00 bits per heavy atom. The average molecular weight is 418 g/mol. The molecule has 0 saturated carbocycles. The minimum Gasteiger partial charge on any atom is -0.365 e. The fourth-order valence-electron chi connectivity index (χ4n) is 3.15. The van der Waals surface area contributed by atoms with E-state index in [1.54, 1.807) is 16.7 Å². The summed E-state index contributed by atoms with van der Waals surface area (Å²) in [5.41, 5.74) is 6.84. The summed E-state index contributed by atoms with van der Waals surface area (Å²) in [6, 6.07) is 10.1. The maximum atomic E-state index is 12.4. The van der Waals surface area contributed by atoms with Crippen LogP contribution in [0.15, 0.2) is 35.2 Å². The average Bonchev–Trinajstić information content (AvgIpc) is 3.03. The Bertz CT molecular complexity index is 880. The van der Waals surface area contributed by atoms with Gasteiger partial charge in [-0.25, -0.2) is 0 Å². The predicted molar refractivity (Wildman–Crippen MR) is 113 cm³/mol. The molecule has 0 saturated heterocycles. The number of primary amides is 1. The topological polar surface area (TPSA) is 92.5 Å². The standard InChI is InChI=1S/C20H23N3O3S2/c1-13(24)23-10-9-15-16(12-23)28-20(18(15)19(21)26)22-17(25)8-5-11-27-14-6-3-2-4-7-14/h2-4,6-7H,5,8-12H2,1H3,(H2,21,26)(H,22,25). The van der Waals surface area contributed by atoms with Crippen molar-refractivity contribution in [3.63, 3.8) is 0 Å². The summed E-state index contributed by atoms with van der Waals surface area (Å²) < 4.78 is 0. The lowest BCUT2D eigenvalue weighted by molar-refractivity contribution is -0.129. The van der Waals surface area contributed by atoms with E-state index in [0.29, 0.717) is 36.5 Å². The number of anilines is 1. The van der Waals surface area contributed by atoms with E-state index in [1.165, 1.54) is 23.2 Å². The van der Waals surface area contributed by atoms with Crippen molar-refractivity contribution < 1.29 is 14.4 Å². The molecular formula is C20H23N3O3S2. The van der Waals surface area contributed by atoms with Crippen LogP contribution in [0.4, 0.5) is 5.00 Å². The van der Waals surface area contributed by atoms with Gasteiger partial charge in [0.2, 0.25) is 11.8 Å². The van der Waals surface area contributed by atoms with Gasteiger partial charge < -0.3 is 16.0 Å². The van der Waals surface area contributed by atoms with E-state index >= 15 is 0 Å². The van der Waals surface area contributed by atoms with Gasteiger partial charge in [-0.15, -0.1) is 23.1 Å². The first kappa shape index (κ1) is 20.4. The van der Waals surface area contributed by atoms with Crippen LogP contribution in [-0.2, 0) is 22.6 Å². The molecule has 6 nitrogen and oxygen atoms in total. The van der Waals surface area contributed by atoms with Crippen LogP contribution in [-0.4, -0.2) is 34.9 Å². The zero-order chi connectivity index (χ0) is 20.1. The zero-order valence-electron chi connectivity index (χ0n) is 15.7. The summed E-state index contributed by atoms with van der Waals surface area (Å²) in [6.45, 7) is 2.55. The molecule has 1 aliphatic heterocycles. The highest BCUT2D eigenvalue weighted by molar-refractivity contribution is 7.99. The summed E-state index contributed by atoms with van der Waals surface area (Å²) in [6.07, 6.45) is 1.69. The largest absolute Gasteiger partial charge is 0.365 e. The number of fused-ring (bicyclic) bond motifs is 1. The van der Waals surface area contributed by atoms with E-state index in [-0.39, 0.29) is 11.8 Å². The number of carbonyl (C=O) groups is 3. The lowest BCUT2D eigenvalue weighted by atomic mass is 10.0. The SMILES string of the molecule is CC(=O)N1CCc2c(sc(NC(=O)CCCSc3ccccc3)c2C(N)=O)C1. The van der Waals surface area contributed by atoms with Crippen molar-refractivity contribution in [2.24, 2.45) is 5.73 Å². The normalized spacial score (nSPS) is 13.1. The predicted octanol–water partition coefficient (Wildman–Crippen LogP) is 3.26. The summed E-state index contributed by atoms with van der Waals surface area (Å²) in [5.74, 6) is 0.178. The summed E-state index contributed by atoms with van der Waals surface area (Å²) in [7, 11) is 0. The van der Waals surface area contributed by atoms with Crippen LogP contribution < -0.4 is 11.1 Å². The molecule has 0 bridgehead atoms. The fourth-order valence-corrected chi connectivity index (χ4v) is 5.31. The number of hydrogen-bond donors (Lipinski definition) is 2. The number of nitrogens with zero attached hydrogens (tertiary/aromatic N) is 1. The summed E-state index contributed by atoms with van der Waals surface area (Å²) in [5, 5.41) is 3.36. The molecule has 0 unspecified atom stereocenters. The van der Waals surface area contributed by atoms with Crippen LogP contribution in [0, 0.1) is 0 Å². The van der Waals surface area contributed by atoms with Crippen LogP contribution >= 0.6 is 23.1 Å². The van der Waals surface area contributed by atoms with Gasteiger partial charge in [-0.05, 0) is 36.3 Å². The first-order valence-corrected chi connectivity index (χ1v) is 10.9. The third kappa shape index (κ3) is 4.94. The number of amides is 3. The molecule has 2 aromatic rings. The number of benzene rings is 1. The Morgan fingerprint density at radius 3 is 2.68 bits per heavy atom. The van der Waals surface area contributed by atoms with Gasteiger partial charge in [0.25, 0.3) is 5.91 Å². The van der Waals surface area contributed by atoms with Crippen LogP contribution in [0.3, 0.4) is 0 Å². The molecule has 0 radical (unpaired) electrons. The number of thiophene rings is 1. The van der Waals surface area contributed by atoms with Crippen molar-refractivity contribution >= 4 is 45.8 Å². The smallest absolute Gasteiger partial charge is 0.251 e. The van der Waals surface area contributed by atoms with Gasteiger partial charge in [-0.1, -0.05) is 18.2 Å².